The van der Waals surface area contributed by atoms with E-state index in [9.17, 15) is 0 Å². The maximum absolute atomic E-state index is 7.71. The van der Waals surface area contributed by atoms with Crippen molar-refractivity contribution in [2.75, 3.05) is 0 Å². The van der Waals surface area contributed by atoms with Gasteiger partial charge in [0.15, 0.2) is 0 Å². The quantitative estimate of drug-likeness (QED) is 0.686. The molecule has 4 heteroatoms. The van der Waals surface area contributed by atoms with E-state index in [0.717, 1.165) is 0 Å². The van der Waals surface area contributed by atoms with Crippen molar-refractivity contribution in [3.63, 3.8) is 0 Å². The van der Waals surface area contributed by atoms with Gasteiger partial charge in [0.25, 0.3) is 0 Å². The average molecular weight is 198 g/mol. The smallest absolute Gasteiger partial charge is 0.148 e. The second-order valence-electron chi connectivity index (χ2n) is 1.25. The summed E-state index contributed by atoms with van der Waals surface area (Å²) in [5.41, 5.74) is 0. The zero-order valence-corrected chi connectivity index (χ0v) is 5.81. The van der Waals surface area contributed by atoms with Crippen molar-refractivity contribution in [3.8, 4) is 0 Å². The van der Waals surface area contributed by atoms with Gasteiger partial charge in [-0.1, -0.05) is 5.21 Å². The van der Waals surface area contributed by atoms with Crippen molar-refractivity contribution in [1.82, 2.24) is 15.0 Å². The highest BCUT2D eigenvalue weighted by Crippen LogP contribution is 2.06. The zero-order valence-electron chi connectivity index (χ0n) is 12.2. The molecule has 1 aromatic rings. The van der Waals surface area contributed by atoms with Crippen LogP contribution in [-0.2, 0) is 0 Å². The Morgan fingerprint density at radius 3 is 3.33 bits per heavy atom. The van der Waals surface area contributed by atoms with E-state index in [1.54, 1.807) is 0 Å². The molecule has 0 saturated heterocycles. The Morgan fingerprint density at radius 2 is 2.89 bits per heavy atom. The minimum absolute atomic E-state index is 0.123. The summed E-state index contributed by atoms with van der Waals surface area (Å²) in [5.74, 6) is 0. The highest BCUT2D eigenvalue weighted by Gasteiger charge is 1.98. The molecule has 0 aliphatic heterocycles. The van der Waals surface area contributed by atoms with Gasteiger partial charge in [-0.25, -0.2) is 4.68 Å². The Balaban J connectivity index is 3.52. The van der Waals surface area contributed by atoms with Crippen LogP contribution in [0.25, 0.3) is 0 Å². The van der Waals surface area contributed by atoms with Gasteiger partial charge in [-0.05, 0) is 29.6 Å². The van der Waals surface area contributed by atoms with Crippen LogP contribution in [0.3, 0.4) is 0 Å². The zero-order chi connectivity index (χ0) is 13.6. The molecule has 0 N–H and O–H groups in total. The van der Waals surface area contributed by atoms with Gasteiger partial charge in [0.2, 0.25) is 0 Å². The number of aromatic nitrogens is 3. The second-order valence-corrected chi connectivity index (χ2v) is 2.00. The van der Waals surface area contributed by atoms with E-state index in [4.69, 9.17) is 11.0 Å². The first kappa shape index (κ1) is 1.81. The topological polar surface area (TPSA) is 30.7 Å². The third kappa shape index (κ3) is 1.51. The molecule has 0 bridgehead atoms. The van der Waals surface area contributed by atoms with Gasteiger partial charge in [-0.2, -0.15) is 0 Å². The summed E-state index contributed by atoms with van der Waals surface area (Å²) in [6, 6.07) is -3.05. The van der Waals surface area contributed by atoms with Gasteiger partial charge in [-0.15, -0.1) is 5.10 Å². The largest absolute Gasteiger partial charge is 0.249 e. The molecule has 9 heavy (non-hydrogen) atoms. The molecule has 50 valence electrons. The molecule has 1 heterocycles. The molecule has 3 nitrogen and oxygen atoms in total. The van der Waals surface area contributed by atoms with Crippen LogP contribution < -0.4 is 0 Å². The van der Waals surface area contributed by atoms with Crippen LogP contribution in [0, 0.1) is 0 Å². The average Bonchev–Trinajstić information content (AvgIpc) is 2.43. The summed E-state index contributed by atoms with van der Waals surface area (Å²) >= 11 is 2.81. The number of hydrogen-bond acceptors (Lipinski definition) is 2. The fourth-order valence-electron chi connectivity index (χ4n) is 0.317. The summed E-state index contributed by atoms with van der Waals surface area (Å²) in [6.45, 7) is -6.36. The van der Waals surface area contributed by atoms with Gasteiger partial charge in [0.1, 0.15) is 4.60 Å². The lowest BCUT2D eigenvalue weighted by Crippen LogP contribution is -2.00. The maximum atomic E-state index is 7.71. The van der Waals surface area contributed by atoms with E-state index in [1.165, 1.54) is 0 Å². The van der Waals surface area contributed by atoms with Gasteiger partial charge in [-0.3, -0.25) is 0 Å². The first-order chi connectivity index (χ1) is 7.43. The lowest BCUT2D eigenvalue weighted by Gasteiger charge is -2.00. The fourth-order valence-corrected chi connectivity index (χ4v) is 0.556. The van der Waals surface area contributed by atoms with E-state index < -0.39 is 25.9 Å². The normalized spacial score (nSPS) is 27.7. The van der Waals surface area contributed by atoms with Gasteiger partial charge < -0.3 is 0 Å². The number of rotatable bonds is 1. The number of halogens is 1. The molecule has 0 unspecified atom stereocenters. The molecule has 0 spiro atoms. The molecule has 0 saturated carbocycles. The van der Waals surface area contributed by atoms with E-state index in [-0.39, 0.29) is 9.28 Å². The molecule has 0 fully saturated rings. The first-order valence-corrected chi connectivity index (χ1v) is 2.80. The van der Waals surface area contributed by atoms with Crippen molar-refractivity contribution in [3.05, 3.63) is 10.8 Å². The standard InChI is InChI=1S/C5H8BrN3/c1-4(2)9-3-5(6)7-8-9/h3-4H,1-2H3/i1D3,2D3,3D,4D. The Hall–Kier alpha value is -0.380. The van der Waals surface area contributed by atoms with Crippen LogP contribution >= 0.6 is 15.9 Å². The SMILES string of the molecule is [2H]c1c(Br)nnn1C([2H])(C([2H])([2H])[2H])C([2H])([2H])[2H]. The van der Waals surface area contributed by atoms with Gasteiger partial charge in [0.05, 0.1) is 8.91 Å². The third-order valence-corrected chi connectivity index (χ3v) is 0.968. The van der Waals surface area contributed by atoms with E-state index in [1.807, 2.05) is 0 Å². The highest BCUT2D eigenvalue weighted by molar-refractivity contribution is 9.10. The minimum atomic E-state index is -3.18. The molecular formula is C5H8BrN3. The van der Waals surface area contributed by atoms with Gasteiger partial charge >= 0.3 is 0 Å². The summed E-state index contributed by atoms with van der Waals surface area (Å²) in [4.78, 5) is 0. The van der Waals surface area contributed by atoms with Gasteiger partial charge in [0, 0.05) is 14.2 Å². The Morgan fingerprint density at radius 1 is 2.11 bits per heavy atom. The van der Waals surface area contributed by atoms with Crippen LogP contribution in [0.15, 0.2) is 10.8 Å². The number of nitrogens with zero attached hydrogens (tertiary/aromatic N) is 3. The van der Waals surface area contributed by atoms with E-state index >= 15 is 0 Å². The Labute approximate surface area is 73.4 Å². The van der Waals surface area contributed by atoms with Crippen molar-refractivity contribution in [2.24, 2.45) is 0 Å². The van der Waals surface area contributed by atoms with Crippen molar-refractivity contribution < 1.29 is 11.0 Å². The molecular weight excluding hydrogens is 182 g/mol. The summed E-state index contributed by atoms with van der Waals surface area (Å²) in [5, 5.41) is 6.58. The minimum Gasteiger partial charge on any atom is -0.249 e. The predicted molar refractivity (Wildman–Crippen MR) is 38.1 cm³/mol. The second kappa shape index (κ2) is 2.47. The van der Waals surface area contributed by atoms with Crippen molar-refractivity contribution in [1.29, 1.82) is 0 Å². The first-order valence-electron chi connectivity index (χ1n) is 6.01. The molecule has 0 amide bonds. The molecule has 1 aromatic heterocycles. The maximum Gasteiger partial charge on any atom is 0.148 e. The molecule has 1 rings (SSSR count). The molecule has 0 aromatic carbocycles. The van der Waals surface area contributed by atoms with E-state index in [0.29, 0.717) is 0 Å². The monoisotopic (exact) mass is 197 g/mol. The summed E-state index contributed by atoms with van der Waals surface area (Å²) in [7, 11) is 0. The lowest BCUT2D eigenvalue weighted by atomic mass is 10.4. The lowest BCUT2D eigenvalue weighted by molar-refractivity contribution is 0.514. The Kier molecular flexibility index (Phi) is 0.498. The third-order valence-electron chi connectivity index (χ3n) is 0.632. The van der Waals surface area contributed by atoms with Crippen molar-refractivity contribution in [2.45, 2.75) is 19.7 Å². The van der Waals surface area contributed by atoms with Crippen LogP contribution in [0.1, 0.15) is 30.7 Å². The summed E-state index contributed by atoms with van der Waals surface area (Å²) < 4.78 is 58.4. The van der Waals surface area contributed by atoms with Crippen LogP contribution in [0.5, 0.6) is 0 Å². The highest BCUT2D eigenvalue weighted by atomic mass is 79.9. The number of hydrogen-bond donors (Lipinski definition) is 0. The Bertz CT molecular complexity index is 406. The van der Waals surface area contributed by atoms with Crippen molar-refractivity contribution >= 4 is 15.9 Å². The summed E-state index contributed by atoms with van der Waals surface area (Å²) in [6.07, 6.45) is -0.577. The van der Waals surface area contributed by atoms with Crippen LogP contribution in [-0.4, -0.2) is 15.0 Å². The van der Waals surface area contributed by atoms with Crippen LogP contribution in [0.2, 0.25) is 0 Å². The predicted octanol–water partition coefficient (Wildman–Crippen LogP) is 1.62. The molecule has 0 atom stereocenters. The van der Waals surface area contributed by atoms with Crippen LogP contribution in [0.4, 0.5) is 0 Å². The molecule has 0 aliphatic carbocycles. The van der Waals surface area contributed by atoms with E-state index in [2.05, 4.69) is 26.2 Å². The molecule has 0 radical (unpaired) electrons. The molecule has 0 aliphatic rings. The fraction of sp³-hybridized carbons (Fsp3) is 0.600.